The molecule has 1 spiro atoms. The van der Waals surface area contributed by atoms with E-state index >= 15 is 0 Å². The van der Waals surface area contributed by atoms with Crippen molar-refractivity contribution < 1.29 is 9.59 Å². The zero-order chi connectivity index (χ0) is 13.7. The van der Waals surface area contributed by atoms with E-state index in [1.54, 1.807) is 6.08 Å². The number of nitrogens with zero attached hydrogens (tertiary/aromatic N) is 1. The molecule has 0 N–H and O–H groups in total. The highest BCUT2D eigenvalue weighted by molar-refractivity contribution is 6.10. The lowest BCUT2D eigenvalue weighted by atomic mass is 9.73. The van der Waals surface area contributed by atoms with Crippen LogP contribution in [0.15, 0.2) is 35.1 Å². The van der Waals surface area contributed by atoms with Gasteiger partial charge in [-0.05, 0) is 24.8 Å². The maximum Gasteiger partial charge on any atom is 0.233 e. The second-order valence-corrected chi connectivity index (χ2v) is 6.50. The number of rotatable bonds is 1. The SMILES string of the molecule is O=C1C=C(N2CCC3(CCCCC3)C2=O)CC2=C1C=C2. The molecule has 3 heteroatoms. The molecule has 0 unspecified atom stereocenters. The van der Waals surface area contributed by atoms with Gasteiger partial charge in [0.05, 0.1) is 5.41 Å². The Morgan fingerprint density at radius 2 is 1.80 bits per heavy atom. The van der Waals surface area contributed by atoms with Gasteiger partial charge in [0.2, 0.25) is 5.91 Å². The van der Waals surface area contributed by atoms with Gasteiger partial charge in [-0.2, -0.15) is 0 Å². The molecule has 0 aromatic rings. The molecule has 0 aromatic carbocycles. The smallest absolute Gasteiger partial charge is 0.233 e. The van der Waals surface area contributed by atoms with E-state index in [1.807, 2.05) is 17.1 Å². The average molecular weight is 269 g/mol. The van der Waals surface area contributed by atoms with Crippen molar-refractivity contribution in [3.05, 3.63) is 35.1 Å². The molecule has 0 bridgehead atoms. The van der Waals surface area contributed by atoms with E-state index in [2.05, 4.69) is 0 Å². The van der Waals surface area contributed by atoms with Crippen LogP contribution in [0.4, 0.5) is 0 Å². The number of allylic oxidation sites excluding steroid dienone is 5. The van der Waals surface area contributed by atoms with Gasteiger partial charge < -0.3 is 4.90 Å². The minimum absolute atomic E-state index is 0.0705. The Morgan fingerprint density at radius 3 is 2.45 bits per heavy atom. The highest BCUT2D eigenvalue weighted by Gasteiger charge is 2.48. The van der Waals surface area contributed by atoms with Crippen molar-refractivity contribution in [3.63, 3.8) is 0 Å². The second kappa shape index (κ2) is 4.18. The highest BCUT2D eigenvalue weighted by atomic mass is 16.2. The van der Waals surface area contributed by atoms with Gasteiger partial charge in [0.25, 0.3) is 0 Å². The molecule has 104 valence electrons. The molecule has 1 saturated carbocycles. The molecule has 1 heterocycles. The molecule has 4 rings (SSSR count). The summed E-state index contributed by atoms with van der Waals surface area (Å²) in [7, 11) is 0. The molecule has 0 radical (unpaired) electrons. The second-order valence-electron chi connectivity index (χ2n) is 6.50. The van der Waals surface area contributed by atoms with Gasteiger partial charge in [-0.15, -0.1) is 0 Å². The number of carbonyl (C=O) groups excluding carboxylic acids is 2. The summed E-state index contributed by atoms with van der Waals surface area (Å²) < 4.78 is 0. The predicted molar refractivity (Wildman–Crippen MR) is 75.7 cm³/mol. The predicted octanol–water partition coefficient (Wildman–Crippen LogP) is 2.89. The molecule has 0 atom stereocenters. The summed E-state index contributed by atoms with van der Waals surface area (Å²) in [4.78, 5) is 26.7. The zero-order valence-corrected chi connectivity index (χ0v) is 11.7. The standard InChI is InChI=1S/C17H19NO2/c19-15-11-13(10-12-4-5-14(12)15)18-9-8-17(16(18)20)6-2-1-3-7-17/h4-5,11H,1-3,6-10H2. The first-order valence-electron chi connectivity index (χ1n) is 7.68. The largest absolute Gasteiger partial charge is 0.315 e. The molecule has 1 saturated heterocycles. The number of hydrogen-bond donors (Lipinski definition) is 0. The summed E-state index contributed by atoms with van der Waals surface area (Å²) in [5.74, 6) is 0.352. The van der Waals surface area contributed by atoms with Crippen molar-refractivity contribution in [2.75, 3.05) is 6.54 Å². The lowest BCUT2D eigenvalue weighted by Crippen LogP contribution is -2.36. The molecule has 1 amide bonds. The van der Waals surface area contributed by atoms with Crippen LogP contribution in [0.2, 0.25) is 0 Å². The third-order valence-electron chi connectivity index (χ3n) is 5.40. The fourth-order valence-electron chi connectivity index (χ4n) is 4.11. The Kier molecular flexibility index (Phi) is 2.53. The molecular weight excluding hydrogens is 250 g/mol. The Bertz CT molecular complexity index is 588. The molecular formula is C17H19NO2. The van der Waals surface area contributed by atoms with Crippen LogP contribution in [0.5, 0.6) is 0 Å². The quantitative estimate of drug-likeness (QED) is 0.734. The van der Waals surface area contributed by atoms with E-state index < -0.39 is 0 Å². The summed E-state index contributed by atoms with van der Waals surface area (Å²) in [6.07, 6.45) is 13.0. The molecule has 0 aromatic heterocycles. The normalized spacial score (nSPS) is 27.8. The van der Waals surface area contributed by atoms with Crippen LogP contribution in [0, 0.1) is 5.41 Å². The van der Waals surface area contributed by atoms with Crippen molar-refractivity contribution in [2.24, 2.45) is 5.41 Å². The van der Waals surface area contributed by atoms with Crippen LogP contribution < -0.4 is 0 Å². The van der Waals surface area contributed by atoms with Crippen LogP contribution >= 0.6 is 0 Å². The summed E-state index contributed by atoms with van der Waals surface area (Å²) in [6, 6.07) is 0. The molecule has 20 heavy (non-hydrogen) atoms. The third kappa shape index (κ3) is 1.58. The summed E-state index contributed by atoms with van der Waals surface area (Å²) in [5, 5.41) is 0. The Labute approximate surface area is 119 Å². The van der Waals surface area contributed by atoms with Crippen LogP contribution in [0.25, 0.3) is 0 Å². The number of likely N-dealkylation sites (tertiary alicyclic amines) is 1. The van der Waals surface area contributed by atoms with E-state index in [9.17, 15) is 9.59 Å². The van der Waals surface area contributed by atoms with Crippen LogP contribution in [0.1, 0.15) is 44.9 Å². The number of ketones is 1. The minimum atomic E-state index is -0.105. The average Bonchev–Trinajstić information content (AvgIpc) is 2.71. The number of carbonyl (C=O) groups is 2. The van der Waals surface area contributed by atoms with E-state index in [0.29, 0.717) is 0 Å². The van der Waals surface area contributed by atoms with Gasteiger partial charge in [0.1, 0.15) is 0 Å². The molecule has 2 fully saturated rings. The summed E-state index contributed by atoms with van der Waals surface area (Å²) in [5.41, 5.74) is 2.76. The van der Waals surface area contributed by atoms with Gasteiger partial charge in [-0.25, -0.2) is 0 Å². The number of hydrogen-bond acceptors (Lipinski definition) is 2. The number of amides is 1. The topological polar surface area (TPSA) is 37.4 Å². The minimum Gasteiger partial charge on any atom is -0.315 e. The first-order valence-corrected chi connectivity index (χ1v) is 7.68. The van der Waals surface area contributed by atoms with Crippen LogP contribution in [-0.2, 0) is 9.59 Å². The highest BCUT2D eigenvalue weighted by Crippen LogP contribution is 2.47. The molecule has 3 nitrogen and oxygen atoms in total. The molecule has 3 aliphatic carbocycles. The van der Waals surface area contributed by atoms with E-state index in [4.69, 9.17) is 0 Å². The first kappa shape index (κ1) is 12.1. The maximum absolute atomic E-state index is 12.8. The summed E-state index contributed by atoms with van der Waals surface area (Å²) in [6.45, 7) is 0.796. The Morgan fingerprint density at radius 1 is 1.00 bits per heavy atom. The molecule has 4 aliphatic rings. The van der Waals surface area contributed by atoms with Gasteiger partial charge in [0.15, 0.2) is 5.78 Å². The lowest BCUT2D eigenvalue weighted by Gasteiger charge is -2.33. The fourth-order valence-corrected chi connectivity index (χ4v) is 4.11. The lowest BCUT2D eigenvalue weighted by molar-refractivity contribution is -0.136. The van der Waals surface area contributed by atoms with Crippen molar-refractivity contribution in [3.8, 4) is 0 Å². The molecule has 1 aliphatic heterocycles. The monoisotopic (exact) mass is 269 g/mol. The van der Waals surface area contributed by atoms with Crippen LogP contribution in [0.3, 0.4) is 0 Å². The van der Waals surface area contributed by atoms with E-state index in [1.165, 1.54) is 19.3 Å². The Hall–Kier alpha value is -1.64. The fraction of sp³-hybridized carbons (Fsp3) is 0.529. The van der Waals surface area contributed by atoms with Crippen LogP contribution in [-0.4, -0.2) is 23.1 Å². The van der Waals surface area contributed by atoms with Gasteiger partial charge in [0, 0.05) is 30.3 Å². The summed E-state index contributed by atoms with van der Waals surface area (Å²) >= 11 is 0. The van der Waals surface area contributed by atoms with Crippen molar-refractivity contribution in [2.45, 2.75) is 44.9 Å². The van der Waals surface area contributed by atoms with Crippen molar-refractivity contribution in [1.29, 1.82) is 0 Å². The van der Waals surface area contributed by atoms with Gasteiger partial charge >= 0.3 is 0 Å². The zero-order valence-electron chi connectivity index (χ0n) is 11.7. The third-order valence-corrected chi connectivity index (χ3v) is 5.40. The first-order chi connectivity index (χ1) is 9.70. The Balaban J connectivity index is 1.57. The van der Waals surface area contributed by atoms with Gasteiger partial charge in [-0.1, -0.05) is 31.4 Å². The van der Waals surface area contributed by atoms with E-state index in [-0.39, 0.29) is 17.1 Å². The van der Waals surface area contributed by atoms with E-state index in [0.717, 1.165) is 49.1 Å². The van der Waals surface area contributed by atoms with Crippen molar-refractivity contribution in [1.82, 2.24) is 4.90 Å². The van der Waals surface area contributed by atoms with Crippen molar-refractivity contribution >= 4 is 11.7 Å². The maximum atomic E-state index is 12.8. The van der Waals surface area contributed by atoms with Gasteiger partial charge in [-0.3, -0.25) is 9.59 Å².